The summed E-state index contributed by atoms with van der Waals surface area (Å²) in [6, 6.07) is 10.4. The second kappa shape index (κ2) is 7.93. The van der Waals surface area contributed by atoms with E-state index in [9.17, 15) is 9.59 Å². The Morgan fingerprint density at radius 3 is 2.61 bits per heavy atom. The molecule has 1 amide bonds. The van der Waals surface area contributed by atoms with Crippen molar-refractivity contribution in [1.29, 1.82) is 0 Å². The van der Waals surface area contributed by atoms with Gasteiger partial charge >= 0.3 is 5.97 Å². The van der Waals surface area contributed by atoms with Gasteiger partial charge in [0.25, 0.3) is 5.91 Å². The van der Waals surface area contributed by atoms with Crippen LogP contribution in [-0.2, 0) is 4.74 Å². The van der Waals surface area contributed by atoms with Crippen LogP contribution in [0, 0.1) is 0 Å². The standard InChI is InChI=1S/C17H19N3O3/c1-3-10-18-16(21)15-9-8-12(11-19-15)20-14-7-5-4-6-13(14)17(22)23-2/h4-9,11,20H,3,10H2,1-2H3,(H,18,21). The molecule has 0 aliphatic rings. The highest BCUT2D eigenvalue weighted by atomic mass is 16.5. The van der Waals surface area contributed by atoms with Crippen LogP contribution in [0.3, 0.4) is 0 Å². The molecular weight excluding hydrogens is 294 g/mol. The number of carbonyl (C=O) groups excluding carboxylic acids is 2. The Balaban J connectivity index is 2.13. The van der Waals surface area contributed by atoms with Crippen molar-refractivity contribution in [1.82, 2.24) is 10.3 Å². The van der Waals surface area contributed by atoms with E-state index in [1.54, 1.807) is 36.5 Å². The summed E-state index contributed by atoms with van der Waals surface area (Å²) in [5.74, 6) is -0.620. The number of nitrogens with one attached hydrogen (secondary N) is 2. The molecule has 2 rings (SSSR count). The van der Waals surface area contributed by atoms with Crippen LogP contribution in [0.25, 0.3) is 0 Å². The Hall–Kier alpha value is -2.89. The largest absolute Gasteiger partial charge is 0.465 e. The highest BCUT2D eigenvalue weighted by molar-refractivity contribution is 5.96. The lowest BCUT2D eigenvalue weighted by atomic mass is 10.1. The third kappa shape index (κ3) is 4.29. The van der Waals surface area contributed by atoms with Crippen LogP contribution in [0.15, 0.2) is 42.6 Å². The minimum atomic E-state index is -0.420. The van der Waals surface area contributed by atoms with Gasteiger partial charge in [0.1, 0.15) is 5.69 Å². The summed E-state index contributed by atoms with van der Waals surface area (Å²) in [6.45, 7) is 2.60. The van der Waals surface area contributed by atoms with Crippen molar-refractivity contribution in [3.8, 4) is 0 Å². The summed E-state index contributed by atoms with van der Waals surface area (Å²) in [6.07, 6.45) is 2.42. The van der Waals surface area contributed by atoms with E-state index < -0.39 is 5.97 Å². The molecule has 0 radical (unpaired) electrons. The fourth-order valence-electron chi connectivity index (χ4n) is 1.97. The predicted octanol–water partition coefficient (Wildman–Crippen LogP) is 2.75. The summed E-state index contributed by atoms with van der Waals surface area (Å²) in [5.41, 5.74) is 2.07. The first-order valence-electron chi connectivity index (χ1n) is 7.34. The molecule has 1 aromatic heterocycles. The molecule has 0 fully saturated rings. The van der Waals surface area contributed by atoms with Gasteiger partial charge in [0, 0.05) is 6.54 Å². The molecule has 0 saturated carbocycles. The van der Waals surface area contributed by atoms with Crippen LogP contribution in [-0.4, -0.2) is 30.5 Å². The Morgan fingerprint density at radius 2 is 1.96 bits per heavy atom. The Bertz CT molecular complexity index is 684. The normalized spacial score (nSPS) is 10.0. The van der Waals surface area contributed by atoms with Crippen LogP contribution in [0.5, 0.6) is 0 Å². The van der Waals surface area contributed by atoms with Crippen LogP contribution in [0.1, 0.15) is 34.2 Å². The predicted molar refractivity (Wildman–Crippen MR) is 87.9 cm³/mol. The van der Waals surface area contributed by atoms with E-state index in [1.165, 1.54) is 7.11 Å². The first kappa shape index (κ1) is 16.5. The van der Waals surface area contributed by atoms with E-state index in [1.807, 2.05) is 13.0 Å². The molecule has 23 heavy (non-hydrogen) atoms. The highest BCUT2D eigenvalue weighted by Crippen LogP contribution is 2.21. The fourth-order valence-corrected chi connectivity index (χ4v) is 1.97. The van der Waals surface area contributed by atoms with E-state index in [4.69, 9.17) is 4.74 Å². The third-order valence-corrected chi connectivity index (χ3v) is 3.14. The van der Waals surface area contributed by atoms with Crippen molar-refractivity contribution in [3.63, 3.8) is 0 Å². The van der Waals surface area contributed by atoms with E-state index in [0.717, 1.165) is 6.42 Å². The molecular formula is C17H19N3O3. The third-order valence-electron chi connectivity index (χ3n) is 3.14. The van der Waals surface area contributed by atoms with Gasteiger partial charge < -0.3 is 15.4 Å². The second-order valence-electron chi connectivity index (χ2n) is 4.85. The number of esters is 1. The Labute approximate surface area is 134 Å². The van der Waals surface area contributed by atoms with Gasteiger partial charge in [0.2, 0.25) is 0 Å². The quantitative estimate of drug-likeness (QED) is 0.802. The van der Waals surface area contributed by atoms with Crippen LogP contribution >= 0.6 is 0 Å². The minimum Gasteiger partial charge on any atom is -0.465 e. The zero-order valence-corrected chi connectivity index (χ0v) is 13.1. The van der Waals surface area contributed by atoms with Gasteiger partial charge in [-0.2, -0.15) is 0 Å². The zero-order valence-electron chi connectivity index (χ0n) is 13.1. The van der Waals surface area contributed by atoms with Gasteiger partial charge in [-0.1, -0.05) is 19.1 Å². The maximum absolute atomic E-state index is 11.8. The number of hydrogen-bond donors (Lipinski definition) is 2. The van der Waals surface area contributed by atoms with Gasteiger partial charge in [-0.25, -0.2) is 9.78 Å². The topological polar surface area (TPSA) is 80.3 Å². The summed E-state index contributed by atoms with van der Waals surface area (Å²) >= 11 is 0. The van der Waals surface area contributed by atoms with Gasteiger partial charge in [-0.3, -0.25) is 4.79 Å². The monoisotopic (exact) mass is 313 g/mol. The molecule has 0 aliphatic carbocycles. The van der Waals surface area contributed by atoms with Crippen molar-refractivity contribution in [2.75, 3.05) is 19.0 Å². The van der Waals surface area contributed by atoms with Gasteiger partial charge in [-0.15, -0.1) is 0 Å². The van der Waals surface area contributed by atoms with Gasteiger partial charge in [-0.05, 0) is 30.7 Å². The molecule has 0 unspecified atom stereocenters. The maximum atomic E-state index is 11.8. The number of hydrogen-bond acceptors (Lipinski definition) is 5. The molecule has 0 saturated heterocycles. The van der Waals surface area contributed by atoms with Crippen molar-refractivity contribution in [3.05, 3.63) is 53.9 Å². The molecule has 120 valence electrons. The molecule has 1 heterocycles. The van der Waals surface area contributed by atoms with E-state index >= 15 is 0 Å². The molecule has 1 aromatic carbocycles. The maximum Gasteiger partial charge on any atom is 0.339 e. The van der Waals surface area contributed by atoms with E-state index in [2.05, 4.69) is 15.6 Å². The summed E-state index contributed by atoms with van der Waals surface area (Å²) in [7, 11) is 1.34. The first-order chi connectivity index (χ1) is 11.2. The zero-order chi connectivity index (χ0) is 16.7. The van der Waals surface area contributed by atoms with Crippen molar-refractivity contribution >= 4 is 23.3 Å². The van der Waals surface area contributed by atoms with Gasteiger partial charge in [0.15, 0.2) is 0 Å². The number of nitrogens with zero attached hydrogens (tertiary/aromatic N) is 1. The molecule has 6 heteroatoms. The van der Waals surface area contributed by atoms with Crippen LogP contribution in [0.2, 0.25) is 0 Å². The Kier molecular flexibility index (Phi) is 5.68. The van der Waals surface area contributed by atoms with Gasteiger partial charge in [0.05, 0.1) is 30.2 Å². The molecule has 0 spiro atoms. The molecule has 6 nitrogen and oxygen atoms in total. The number of rotatable bonds is 6. The number of amides is 1. The molecule has 2 aromatic rings. The van der Waals surface area contributed by atoms with Crippen molar-refractivity contribution < 1.29 is 14.3 Å². The van der Waals surface area contributed by atoms with E-state index in [0.29, 0.717) is 29.2 Å². The Morgan fingerprint density at radius 1 is 1.17 bits per heavy atom. The highest BCUT2D eigenvalue weighted by Gasteiger charge is 2.11. The molecule has 2 N–H and O–H groups in total. The number of para-hydroxylation sites is 1. The number of aromatic nitrogens is 1. The summed E-state index contributed by atoms with van der Waals surface area (Å²) in [5, 5.41) is 5.87. The first-order valence-corrected chi connectivity index (χ1v) is 7.34. The number of ether oxygens (including phenoxy) is 1. The molecule has 0 bridgehead atoms. The smallest absolute Gasteiger partial charge is 0.339 e. The fraction of sp³-hybridized carbons (Fsp3) is 0.235. The van der Waals surface area contributed by atoms with Crippen LogP contribution < -0.4 is 10.6 Å². The average Bonchev–Trinajstić information content (AvgIpc) is 2.60. The van der Waals surface area contributed by atoms with E-state index in [-0.39, 0.29) is 5.91 Å². The minimum absolute atomic E-state index is 0.201. The number of pyridine rings is 1. The number of benzene rings is 1. The number of carbonyl (C=O) groups is 2. The van der Waals surface area contributed by atoms with Crippen LogP contribution in [0.4, 0.5) is 11.4 Å². The van der Waals surface area contributed by atoms with Crippen molar-refractivity contribution in [2.45, 2.75) is 13.3 Å². The number of methoxy groups -OCH3 is 1. The summed E-state index contributed by atoms with van der Waals surface area (Å²) in [4.78, 5) is 27.7. The lowest BCUT2D eigenvalue weighted by Crippen LogP contribution is -2.24. The molecule has 0 aliphatic heterocycles. The average molecular weight is 313 g/mol. The van der Waals surface area contributed by atoms with Crippen molar-refractivity contribution in [2.24, 2.45) is 0 Å². The lowest BCUT2D eigenvalue weighted by Gasteiger charge is -2.10. The SMILES string of the molecule is CCCNC(=O)c1ccc(Nc2ccccc2C(=O)OC)cn1. The second-order valence-corrected chi connectivity index (χ2v) is 4.85. The number of anilines is 2. The summed E-state index contributed by atoms with van der Waals surface area (Å²) < 4.78 is 4.76. The molecule has 0 atom stereocenters. The lowest BCUT2D eigenvalue weighted by molar-refractivity contribution is 0.0601.